The highest BCUT2D eigenvalue weighted by Gasteiger charge is 2.07. The third kappa shape index (κ3) is 4.50. The van der Waals surface area contributed by atoms with E-state index in [9.17, 15) is 8.76 Å². The lowest BCUT2D eigenvalue weighted by Gasteiger charge is -2.25. The summed E-state index contributed by atoms with van der Waals surface area (Å²) in [7, 11) is 1.60. The average molecular weight is 178 g/mol. The van der Waals surface area contributed by atoms with Crippen molar-refractivity contribution >= 4 is 11.3 Å². The zero-order valence-electron chi connectivity index (χ0n) is 7.37. The van der Waals surface area contributed by atoms with E-state index in [1.165, 1.54) is 4.31 Å². The Morgan fingerprint density at radius 1 is 1.64 bits per heavy atom. The molecule has 0 aliphatic heterocycles. The smallest absolute Gasteiger partial charge is 0.0209 e. The molecule has 0 aromatic heterocycles. The Morgan fingerprint density at radius 2 is 2.18 bits per heavy atom. The second-order valence-corrected chi connectivity index (χ2v) is 3.76. The molecule has 0 rings (SSSR count). The van der Waals surface area contributed by atoms with Gasteiger partial charge in [-0.1, -0.05) is 19.8 Å². The number of nitrogens with zero attached hydrogens (tertiary/aromatic N) is 1. The topological polar surface area (TPSA) is 43.4 Å². The van der Waals surface area contributed by atoms with Crippen LogP contribution in [0, 0.1) is 0 Å². The minimum atomic E-state index is -2.06. The van der Waals surface area contributed by atoms with Crippen LogP contribution < -0.4 is 0 Å². The van der Waals surface area contributed by atoms with Crippen LogP contribution in [0.5, 0.6) is 0 Å². The quantitative estimate of drug-likeness (QED) is 0.595. The maximum atomic E-state index is 10.4. The lowest BCUT2D eigenvalue weighted by Crippen LogP contribution is -2.30. The summed E-state index contributed by atoms with van der Waals surface area (Å²) in [4.78, 5) is 0. The summed E-state index contributed by atoms with van der Waals surface area (Å²) in [6.07, 6.45) is 3.15. The van der Waals surface area contributed by atoms with Crippen LogP contribution in [0.4, 0.5) is 0 Å². The number of hydrogen-bond donors (Lipinski definition) is 0. The van der Waals surface area contributed by atoms with E-state index in [1.54, 1.807) is 7.05 Å². The van der Waals surface area contributed by atoms with Gasteiger partial charge in [0.15, 0.2) is 0 Å². The summed E-state index contributed by atoms with van der Waals surface area (Å²) >= 11 is -2.06. The number of hydrogen-bond acceptors (Lipinski definition) is 2. The molecule has 0 aliphatic rings. The van der Waals surface area contributed by atoms with Gasteiger partial charge in [-0.05, 0) is 20.4 Å². The lowest BCUT2D eigenvalue weighted by atomic mass is 10.1. The summed E-state index contributed by atoms with van der Waals surface area (Å²) < 4.78 is 22.2. The molecule has 0 saturated heterocycles. The molecule has 0 aliphatic carbocycles. The molecule has 0 saturated carbocycles. The highest BCUT2D eigenvalue weighted by molar-refractivity contribution is 7.76. The fraction of sp³-hybridized carbons (Fsp3) is 1.00. The Balaban J connectivity index is 3.63. The van der Waals surface area contributed by atoms with E-state index in [1.807, 2.05) is 6.92 Å². The first-order valence-electron chi connectivity index (χ1n) is 3.91. The molecule has 0 aromatic carbocycles. The molecule has 0 aromatic rings. The van der Waals surface area contributed by atoms with Crippen LogP contribution in [-0.4, -0.2) is 26.2 Å². The molecule has 0 heterocycles. The number of unbranched alkanes of at least 4 members (excludes halogenated alkanes) is 1. The van der Waals surface area contributed by atoms with E-state index in [-0.39, 0.29) is 6.04 Å². The lowest BCUT2D eigenvalue weighted by molar-refractivity contribution is 0.348. The van der Waals surface area contributed by atoms with E-state index in [0.29, 0.717) is 0 Å². The summed E-state index contributed by atoms with van der Waals surface area (Å²) in [5, 5.41) is 0. The van der Waals surface area contributed by atoms with E-state index < -0.39 is 11.3 Å². The fourth-order valence-corrected chi connectivity index (χ4v) is 1.23. The fourth-order valence-electron chi connectivity index (χ4n) is 0.828. The van der Waals surface area contributed by atoms with Gasteiger partial charge in [0, 0.05) is 17.3 Å². The van der Waals surface area contributed by atoms with E-state index >= 15 is 0 Å². The molecular formula is C7H16NO2S-. The van der Waals surface area contributed by atoms with Crippen molar-refractivity contribution in [1.29, 1.82) is 0 Å². The third-order valence-corrected chi connectivity index (χ3v) is 2.66. The highest BCUT2D eigenvalue weighted by Crippen LogP contribution is 2.06. The van der Waals surface area contributed by atoms with Crippen LogP contribution in [0.2, 0.25) is 0 Å². The Hall–Kier alpha value is 0.0700. The van der Waals surface area contributed by atoms with Crippen molar-refractivity contribution < 1.29 is 8.76 Å². The second-order valence-electron chi connectivity index (χ2n) is 2.75. The van der Waals surface area contributed by atoms with Gasteiger partial charge in [0.05, 0.1) is 0 Å². The van der Waals surface area contributed by atoms with Gasteiger partial charge in [0.1, 0.15) is 0 Å². The van der Waals surface area contributed by atoms with Crippen molar-refractivity contribution in [3.63, 3.8) is 0 Å². The van der Waals surface area contributed by atoms with Gasteiger partial charge >= 0.3 is 0 Å². The van der Waals surface area contributed by atoms with E-state index in [4.69, 9.17) is 0 Å². The van der Waals surface area contributed by atoms with Gasteiger partial charge in [-0.2, -0.15) is 0 Å². The first kappa shape index (κ1) is 11.1. The summed E-state index contributed by atoms with van der Waals surface area (Å²) in [6.45, 7) is 4.02. The summed E-state index contributed by atoms with van der Waals surface area (Å²) in [5.41, 5.74) is 0. The molecule has 0 radical (unpaired) electrons. The van der Waals surface area contributed by atoms with Gasteiger partial charge < -0.3 is 4.55 Å². The third-order valence-electron chi connectivity index (χ3n) is 1.83. The molecule has 0 amide bonds. The Kier molecular flexibility index (Phi) is 5.72. The van der Waals surface area contributed by atoms with Crippen molar-refractivity contribution in [2.24, 2.45) is 0 Å². The standard InChI is InChI=1S/C7H17NO2S/c1-4-5-6-7(2)8(3)11(9)10/h7H,4-6H2,1-3H3,(H,9,10)/p-1. The molecule has 0 spiro atoms. The van der Waals surface area contributed by atoms with Crippen molar-refractivity contribution in [2.75, 3.05) is 7.05 Å². The monoisotopic (exact) mass is 178 g/mol. The van der Waals surface area contributed by atoms with Gasteiger partial charge in [-0.15, -0.1) is 0 Å². The summed E-state index contributed by atoms with van der Waals surface area (Å²) in [5.74, 6) is 0. The predicted octanol–water partition coefficient (Wildman–Crippen LogP) is 1.29. The van der Waals surface area contributed by atoms with Gasteiger partial charge in [-0.3, -0.25) is 4.21 Å². The maximum Gasteiger partial charge on any atom is 0.0209 e. The molecule has 11 heavy (non-hydrogen) atoms. The Bertz CT molecular complexity index is 130. The zero-order chi connectivity index (χ0) is 8.85. The molecule has 0 N–H and O–H groups in total. The van der Waals surface area contributed by atoms with Crippen LogP contribution in [0.1, 0.15) is 33.1 Å². The van der Waals surface area contributed by atoms with Crippen LogP contribution in [0.25, 0.3) is 0 Å². The van der Waals surface area contributed by atoms with Crippen molar-refractivity contribution in [3.8, 4) is 0 Å². The van der Waals surface area contributed by atoms with Gasteiger partial charge in [0.2, 0.25) is 0 Å². The Labute approximate surface area is 71.2 Å². The number of rotatable bonds is 5. The minimum absolute atomic E-state index is 0.133. The maximum absolute atomic E-state index is 10.4. The van der Waals surface area contributed by atoms with Crippen molar-refractivity contribution in [1.82, 2.24) is 4.31 Å². The van der Waals surface area contributed by atoms with Gasteiger partial charge in [0.25, 0.3) is 0 Å². The molecule has 2 unspecified atom stereocenters. The van der Waals surface area contributed by atoms with Crippen LogP contribution >= 0.6 is 0 Å². The Morgan fingerprint density at radius 3 is 2.55 bits per heavy atom. The molecule has 0 fully saturated rings. The van der Waals surface area contributed by atoms with Crippen molar-refractivity contribution in [2.45, 2.75) is 39.2 Å². The molecule has 2 atom stereocenters. The summed E-state index contributed by atoms with van der Waals surface area (Å²) in [6, 6.07) is 0.133. The largest absolute Gasteiger partial charge is 0.760 e. The molecular weight excluding hydrogens is 162 g/mol. The van der Waals surface area contributed by atoms with E-state index in [2.05, 4.69) is 6.92 Å². The molecule has 68 valence electrons. The first-order valence-corrected chi connectivity index (χ1v) is 4.95. The molecule has 3 nitrogen and oxygen atoms in total. The molecule has 4 heteroatoms. The minimum Gasteiger partial charge on any atom is -0.760 e. The zero-order valence-corrected chi connectivity index (χ0v) is 8.19. The average Bonchev–Trinajstić information content (AvgIpc) is 1.98. The van der Waals surface area contributed by atoms with E-state index in [0.717, 1.165) is 19.3 Å². The first-order chi connectivity index (χ1) is 5.09. The van der Waals surface area contributed by atoms with Gasteiger partial charge in [-0.25, -0.2) is 4.31 Å². The SMILES string of the molecule is CCCCC(C)N(C)S(=O)[O-]. The van der Waals surface area contributed by atoms with Crippen molar-refractivity contribution in [3.05, 3.63) is 0 Å². The molecule has 0 bridgehead atoms. The predicted molar refractivity (Wildman–Crippen MR) is 45.7 cm³/mol. The normalized spacial score (nSPS) is 16.8. The van der Waals surface area contributed by atoms with Crippen LogP contribution in [0.15, 0.2) is 0 Å². The van der Waals surface area contributed by atoms with Crippen LogP contribution in [0.3, 0.4) is 0 Å². The van der Waals surface area contributed by atoms with Crippen LogP contribution in [-0.2, 0) is 11.3 Å². The second kappa shape index (κ2) is 5.69. The highest BCUT2D eigenvalue weighted by atomic mass is 32.2.